The SMILES string of the molecule is Cl.Cl.Fc1ccccc1-c1cc(N2[C@@H]3CC[C@H]2CNC3)n2nccc2n1. The number of aromatic nitrogens is 3. The second-order valence-corrected chi connectivity index (χ2v) is 6.53. The van der Waals surface area contributed by atoms with Crippen molar-refractivity contribution in [1.29, 1.82) is 0 Å². The summed E-state index contributed by atoms with van der Waals surface area (Å²) in [5.41, 5.74) is 1.95. The van der Waals surface area contributed by atoms with E-state index in [1.807, 2.05) is 22.7 Å². The third kappa shape index (κ3) is 2.92. The van der Waals surface area contributed by atoms with E-state index in [0.29, 0.717) is 23.3 Å². The topological polar surface area (TPSA) is 45.5 Å². The van der Waals surface area contributed by atoms with E-state index in [2.05, 4.69) is 20.3 Å². The molecule has 2 aliphatic heterocycles. The lowest BCUT2D eigenvalue weighted by atomic mass is 10.1. The van der Waals surface area contributed by atoms with Gasteiger partial charge < -0.3 is 10.2 Å². The van der Waals surface area contributed by atoms with Crippen LogP contribution >= 0.6 is 24.8 Å². The minimum atomic E-state index is -0.247. The molecular weight excluding hydrogens is 376 g/mol. The number of halogens is 3. The molecule has 0 radical (unpaired) electrons. The largest absolute Gasteiger partial charge is 0.348 e. The van der Waals surface area contributed by atoms with Gasteiger partial charge in [-0.3, -0.25) is 0 Å². The van der Waals surface area contributed by atoms with Gasteiger partial charge in [-0.25, -0.2) is 9.37 Å². The van der Waals surface area contributed by atoms with Gasteiger partial charge in [0.25, 0.3) is 0 Å². The fourth-order valence-electron chi connectivity index (χ4n) is 4.04. The fraction of sp³-hybridized carbons (Fsp3) is 0.333. The molecule has 8 heteroatoms. The molecule has 5 rings (SSSR count). The van der Waals surface area contributed by atoms with Gasteiger partial charge in [0.2, 0.25) is 0 Å². The van der Waals surface area contributed by atoms with Crippen molar-refractivity contribution in [2.24, 2.45) is 0 Å². The van der Waals surface area contributed by atoms with E-state index in [-0.39, 0.29) is 30.6 Å². The normalized spacial score (nSPS) is 21.3. The van der Waals surface area contributed by atoms with Gasteiger partial charge in [-0.15, -0.1) is 24.8 Å². The lowest BCUT2D eigenvalue weighted by molar-refractivity contribution is 0.477. The maximum Gasteiger partial charge on any atom is 0.157 e. The first-order valence-corrected chi connectivity index (χ1v) is 8.40. The molecule has 0 unspecified atom stereocenters. The van der Waals surface area contributed by atoms with Gasteiger partial charge >= 0.3 is 0 Å². The molecule has 0 spiro atoms. The number of nitrogens with zero attached hydrogens (tertiary/aromatic N) is 4. The van der Waals surface area contributed by atoms with Gasteiger partial charge in [0.05, 0.1) is 11.9 Å². The van der Waals surface area contributed by atoms with Crippen molar-refractivity contribution >= 4 is 36.3 Å². The van der Waals surface area contributed by atoms with Gasteiger partial charge in [0, 0.05) is 42.9 Å². The Hall–Kier alpha value is -1.89. The van der Waals surface area contributed by atoms with Crippen LogP contribution in [0.1, 0.15) is 12.8 Å². The molecule has 2 atom stereocenters. The summed E-state index contributed by atoms with van der Waals surface area (Å²) in [7, 11) is 0. The van der Waals surface area contributed by atoms with E-state index in [1.54, 1.807) is 18.3 Å². The third-order valence-corrected chi connectivity index (χ3v) is 5.13. The second-order valence-electron chi connectivity index (χ2n) is 6.53. The summed E-state index contributed by atoms with van der Waals surface area (Å²) in [6.45, 7) is 1.97. The van der Waals surface area contributed by atoms with Crippen LogP contribution in [0.5, 0.6) is 0 Å². The molecule has 2 aliphatic rings. The molecule has 1 aromatic carbocycles. The molecule has 0 saturated carbocycles. The Morgan fingerprint density at radius 3 is 2.50 bits per heavy atom. The molecule has 2 aromatic heterocycles. The molecule has 3 aromatic rings. The Kier molecular flexibility index (Phi) is 5.37. The van der Waals surface area contributed by atoms with E-state index in [0.717, 1.165) is 24.6 Å². The summed E-state index contributed by atoms with van der Waals surface area (Å²) in [6, 6.07) is 11.6. The number of fused-ring (bicyclic) bond motifs is 3. The highest BCUT2D eigenvalue weighted by Crippen LogP contribution is 2.34. The van der Waals surface area contributed by atoms with Crippen molar-refractivity contribution in [3.63, 3.8) is 0 Å². The standard InChI is InChI=1S/C18H18FN5.2ClH/c19-15-4-2-1-3-14(15)16-9-18(24-17(22-16)7-8-21-24)23-12-5-6-13(23)11-20-10-12;;/h1-4,7-9,12-13,20H,5-6,10-11H2;2*1H/t12-,13+;;. The number of nitrogens with one attached hydrogen (secondary N) is 1. The number of hydrogen-bond donors (Lipinski definition) is 1. The number of anilines is 1. The Morgan fingerprint density at radius 2 is 1.77 bits per heavy atom. The van der Waals surface area contributed by atoms with E-state index >= 15 is 0 Å². The van der Waals surface area contributed by atoms with Crippen LogP contribution in [0.15, 0.2) is 42.6 Å². The van der Waals surface area contributed by atoms with Gasteiger partial charge in [0.15, 0.2) is 5.65 Å². The van der Waals surface area contributed by atoms with E-state index in [1.165, 1.54) is 18.9 Å². The van der Waals surface area contributed by atoms with Crippen LogP contribution in [0.2, 0.25) is 0 Å². The molecule has 2 bridgehead atoms. The van der Waals surface area contributed by atoms with Crippen molar-refractivity contribution in [2.75, 3.05) is 18.0 Å². The lowest BCUT2D eigenvalue weighted by Crippen LogP contribution is -2.52. The Morgan fingerprint density at radius 1 is 1.04 bits per heavy atom. The molecular formula is C18H20Cl2FN5. The van der Waals surface area contributed by atoms with Gasteiger partial charge in [-0.1, -0.05) is 12.1 Å². The van der Waals surface area contributed by atoms with Crippen molar-refractivity contribution in [2.45, 2.75) is 24.9 Å². The fourth-order valence-corrected chi connectivity index (χ4v) is 4.04. The summed E-state index contributed by atoms with van der Waals surface area (Å²) in [4.78, 5) is 7.06. The first kappa shape index (κ1) is 18.9. The number of piperazine rings is 1. The molecule has 2 fully saturated rings. The average Bonchev–Trinajstić information content (AvgIpc) is 3.16. The molecule has 4 heterocycles. The number of rotatable bonds is 2. The summed E-state index contributed by atoms with van der Waals surface area (Å²) in [5.74, 6) is 0.764. The number of benzene rings is 1. The van der Waals surface area contributed by atoms with E-state index in [9.17, 15) is 4.39 Å². The number of hydrogen-bond acceptors (Lipinski definition) is 4. The third-order valence-electron chi connectivity index (χ3n) is 5.13. The van der Waals surface area contributed by atoms with E-state index < -0.39 is 0 Å². The second kappa shape index (κ2) is 7.39. The van der Waals surface area contributed by atoms with Crippen molar-refractivity contribution in [1.82, 2.24) is 19.9 Å². The first-order valence-electron chi connectivity index (χ1n) is 8.40. The first-order chi connectivity index (χ1) is 11.8. The zero-order valence-corrected chi connectivity index (χ0v) is 15.6. The molecule has 2 saturated heterocycles. The van der Waals surface area contributed by atoms with Crippen LogP contribution < -0.4 is 10.2 Å². The highest BCUT2D eigenvalue weighted by molar-refractivity contribution is 5.85. The Bertz CT molecular complexity index is 899. The molecule has 26 heavy (non-hydrogen) atoms. The maximum absolute atomic E-state index is 14.3. The summed E-state index contributed by atoms with van der Waals surface area (Å²) in [6.07, 6.45) is 4.11. The average molecular weight is 396 g/mol. The zero-order chi connectivity index (χ0) is 16.1. The highest BCUT2D eigenvalue weighted by Gasteiger charge is 2.38. The molecule has 5 nitrogen and oxygen atoms in total. The molecule has 0 aliphatic carbocycles. The van der Waals surface area contributed by atoms with Crippen LogP contribution in [0.4, 0.5) is 10.2 Å². The van der Waals surface area contributed by atoms with Crippen LogP contribution in [0, 0.1) is 5.82 Å². The Labute approximate surface area is 163 Å². The minimum Gasteiger partial charge on any atom is -0.348 e. The minimum absolute atomic E-state index is 0. The Balaban J connectivity index is 0.000000980. The lowest BCUT2D eigenvalue weighted by Gasteiger charge is -2.37. The summed E-state index contributed by atoms with van der Waals surface area (Å²) in [5, 5.41) is 7.94. The van der Waals surface area contributed by atoms with Gasteiger partial charge in [-0.2, -0.15) is 9.61 Å². The maximum atomic E-state index is 14.3. The van der Waals surface area contributed by atoms with Crippen LogP contribution in [-0.4, -0.2) is 39.8 Å². The van der Waals surface area contributed by atoms with Crippen LogP contribution in [0.25, 0.3) is 16.9 Å². The predicted molar refractivity (Wildman–Crippen MR) is 105 cm³/mol. The van der Waals surface area contributed by atoms with E-state index in [4.69, 9.17) is 0 Å². The quantitative estimate of drug-likeness (QED) is 0.722. The summed E-state index contributed by atoms with van der Waals surface area (Å²) < 4.78 is 16.1. The highest BCUT2D eigenvalue weighted by atomic mass is 35.5. The molecule has 0 amide bonds. The monoisotopic (exact) mass is 395 g/mol. The smallest absolute Gasteiger partial charge is 0.157 e. The summed E-state index contributed by atoms with van der Waals surface area (Å²) >= 11 is 0. The predicted octanol–water partition coefficient (Wildman–Crippen LogP) is 3.32. The van der Waals surface area contributed by atoms with Crippen LogP contribution in [0.3, 0.4) is 0 Å². The van der Waals surface area contributed by atoms with Crippen molar-refractivity contribution < 1.29 is 4.39 Å². The van der Waals surface area contributed by atoms with Crippen LogP contribution in [-0.2, 0) is 0 Å². The van der Waals surface area contributed by atoms with Gasteiger partial charge in [0.1, 0.15) is 11.6 Å². The van der Waals surface area contributed by atoms with Gasteiger partial charge in [-0.05, 0) is 25.0 Å². The van der Waals surface area contributed by atoms with Crippen molar-refractivity contribution in [3.8, 4) is 11.3 Å². The van der Waals surface area contributed by atoms with Crippen molar-refractivity contribution in [3.05, 3.63) is 48.4 Å². The molecule has 138 valence electrons. The molecule has 1 N–H and O–H groups in total. The zero-order valence-electron chi connectivity index (χ0n) is 14.0.